The number of para-hydroxylation sites is 1. The molecule has 0 aromatic heterocycles. The van der Waals surface area contributed by atoms with Crippen LogP contribution in [0.15, 0.2) is 84.9 Å². The number of methoxy groups -OCH3 is 1. The third-order valence-corrected chi connectivity index (χ3v) is 4.31. The lowest BCUT2D eigenvalue weighted by Crippen LogP contribution is -2.08. The number of benzene rings is 3. The maximum absolute atomic E-state index is 12.1. The van der Waals surface area contributed by atoms with Gasteiger partial charge in [0.1, 0.15) is 11.5 Å². The van der Waals surface area contributed by atoms with E-state index in [1.807, 2.05) is 54.6 Å². The molecule has 0 aliphatic carbocycles. The summed E-state index contributed by atoms with van der Waals surface area (Å²) in [5.74, 6) is 0.0566. The molecule has 0 fully saturated rings. The predicted octanol–water partition coefficient (Wildman–Crippen LogP) is 4.71. The normalized spacial score (nSPS) is 10.6. The summed E-state index contributed by atoms with van der Waals surface area (Å²) in [5.41, 5.74) is 2.27. The Morgan fingerprint density at radius 2 is 1.57 bits per heavy atom. The number of hydrogen-bond donors (Lipinski definition) is 0. The highest BCUT2D eigenvalue weighted by Crippen LogP contribution is 2.19. The fourth-order valence-electron chi connectivity index (χ4n) is 2.76. The molecule has 0 saturated heterocycles. The van der Waals surface area contributed by atoms with Crippen molar-refractivity contribution in [3.8, 4) is 11.5 Å². The molecule has 0 N–H and O–H groups in total. The van der Waals surface area contributed by atoms with Crippen molar-refractivity contribution in [2.75, 3.05) is 13.7 Å². The Morgan fingerprint density at radius 1 is 0.867 bits per heavy atom. The van der Waals surface area contributed by atoms with Crippen LogP contribution in [0, 0.1) is 0 Å². The fourth-order valence-corrected chi connectivity index (χ4v) is 2.76. The fraction of sp³-hybridized carbons (Fsp3) is 0.120. The molecule has 3 aromatic rings. The summed E-state index contributed by atoms with van der Waals surface area (Å²) in [6.45, 7) is 0.299. The van der Waals surface area contributed by atoms with E-state index in [1.54, 1.807) is 37.5 Å². The third kappa shape index (κ3) is 6.07. The van der Waals surface area contributed by atoms with Crippen LogP contribution in [0.1, 0.15) is 21.5 Å². The van der Waals surface area contributed by atoms with Crippen LogP contribution in [0.25, 0.3) is 6.08 Å². The Bertz CT molecular complexity index is 1010. The molecule has 0 amide bonds. The second-order valence-electron chi connectivity index (χ2n) is 6.39. The van der Waals surface area contributed by atoms with E-state index in [1.165, 1.54) is 6.08 Å². The standard InChI is InChI=1S/C25H22O5/c1-28-23-10-6-5-9-20(23)13-16-24(26)30-22-14-11-21(12-15-22)25(27)29-18-17-19-7-3-2-4-8-19/h2-16H,17-18H2,1H3/b16-13+. The first-order valence-corrected chi connectivity index (χ1v) is 9.50. The van der Waals surface area contributed by atoms with Gasteiger partial charge in [-0.1, -0.05) is 48.5 Å². The van der Waals surface area contributed by atoms with Crippen molar-refractivity contribution in [1.29, 1.82) is 0 Å². The number of hydrogen-bond acceptors (Lipinski definition) is 5. The van der Waals surface area contributed by atoms with Gasteiger partial charge in [0.25, 0.3) is 0 Å². The van der Waals surface area contributed by atoms with Gasteiger partial charge in [0.15, 0.2) is 0 Å². The first kappa shape index (κ1) is 20.9. The predicted molar refractivity (Wildman–Crippen MR) is 115 cm³/mol. The van der Waals surface area contributed by atoms with E-state index in [9.17, 15) is 9.59 Å². The van der Waals surface area contributed by atoms with Crippen LogP contribution >= 0.6 is 0 Å². The van der Waals surface area contributed by atoms with Crippen LogP contribution in [0.4, 0.5) is 0 Å². The maximum Gasteiger partial charge on any atom is 0.338 e. The summed E-state index contributed by atoms with van der Waals surface area (Å²) < 4.78 is 15.8. The highest BCUT2D eigenvalue weighted by atomic mass is 16.5. The summed E-state index contributed by atoms with van der Waals surface area (Å²) in [4.78, 5) is 24.2. The molecular formula is C25H22O5. The van der Waals surface area contributed by atoms with Crippen molar-refractivity contribution < 1.29 is 23.8 Å². The largest absolute Gasteiger partial charge is 0.496 e. The quantitative estimate of drug-likeness (QED) is 0.310. The number of esters is 2. The second-order valence-corrected chi connectivity index (χ2v) is 6.39. The van der Waals surface area contributed by atoms with E-state index in [-0.39, 0.29) is 0 Å². The van der Waals surface area contributed by atoms with Gasteiger partial charge in [-0.15, -0.1) is 0 Å². The van der Waals surface area contributed by atoms with Crippen molar-refractivity contribution in [1.82, 2.24) is 0 Å². The highest BCUT2D eigenvalue weighted by molar-refractivity contribution is 5.91. The summed E-state index contributed by atoms with van der Waals surface area (Å²) >= 11 is 0. The van der Waals surface area contributed by atoms with Gasteiger partial charge >= 0.3 is 11.9 Å². The lowest BCUT2D eigenvalue weighted by Gasteiger charge is -2.06. The van der Waals surface area contributed by atoms with Crippen LogP contribution in [0.5, 0.6) is 11.5 Å². The van der Waals surface area contributed by atoms with Crippen molar-refractivity contribution in [2.24, 2.45) is 0 Å². The minimum Gasteiger partial charge on any atom is -0.496 e. The first-order chi connectivity index (χ1) is 14.7. The molecule has 0 unspecified atom stereocenters. The molecule has 0 spiro atoms. The molecule has 0 radical (unpaired) electrons. The number of ether oxygens (including phenoxy) is 3. The van der Waals surface area contributed by atoms with Gasteiger partial charge in [-0.2, -0.15) is 0 Å². The minimum atomic E-state index is -0.529. The molecule has 0 atom stereocenters. The number of rotatable bonds is 8. The average molecular weight is 402 g/mol. The smallest absolute Gasteiger partial charge is 0.338 e. The second kappa shape index (κ2) is 10.6. The van der Waals surface area contributed by atoms with Gasteiger partial charge in [0, 0.05) is 18.1 Å². The van der Waals surface area contributed by atoms with Crippen LogP contribution in [0.2, 0.25) is 0 Å². The minimum absolute atomic E-state index is 0.299. The molecule has 0 bridgehead atoms. The molecule has 5 nitrogen and oxygen atoms in total. The van der Waals surface area contributed by atoms with Crippen LogP contribution < -0.4 is 9.47 Å². The van der Waals surface area contributed by atoms with E-state index < -0.39 is 11.9 Å². The SMILES string of the molecule is COc1ccccc1/C=C/C(=O)Oc1ccc(C(=O)OCCc2ccccc2)cc1. The molecule has 0 saturated carbocycles. The van der Waals surface area contributed by atoms with Crippen molar-refractivity contribution >= 4 is 18.0 Å². The Labute approximate surface area is 175 Å². The van der Waals surface area contributed by atoms with Crippen LogP contribution in [-0.4, -0.2) is 25.7 Å². The molecule has 30 heavy (non-hydrogen) atoms. The third-order valence-electron chi connectivity index (χ3n) is 4.31. The lowest BCUT2D eigenvalue weighted by molar-refractivity contribution is -0.128. The lowest BCUT2D eigenvalue weighted by atomic mass is 10.2. The van der Waals surface area contributed by atoms with Crippen molar-refractivity contribution in [3.63, 3.8) is 0 Å². The van der Waals surface area contributed by atoms with Gasteiger partial charge < -0.3 is 14.2 Å². The summed E-state index contributed by atoms with van der Waals surface area (Å²) in [7, 11) is 1.57. The zero-order valence-electron chi connectivity index (χ0n) is 16.6. The highest BCUT2D eigenvalue weighted by Gasteiger charge is 2.08. The van der Waals surface area contributed by atoms with Gasteiger partial charge in [-0.05, 0) is 42.0 Å². The summed E-state index contributed by atoms with van der Waals surface area (Å²) in [6.07, 6.45) is 3.60. The van der Waals surface area contributed by atoms with E-state index in [0.717, 1.165) is 11.1 Å². The topological polar surface area (TPSA) is 61.8 Å². The summed E-state index contributed by atoms with van der Waals surface area (Å²) in [5, 5.41) is 0. The van der Waals surface area contributed by atoms with Gasteiger partial charge in [0.2, 0.25) is 0 Å². The van der Waals surface area contributed by atoms with Crippen LogP contribution in [0.3, 0.4) is 0 Å². The Hall–Kier alpha value is -3.86. The van der Waals surface area contributed by atoms with Gasteiger partial charge in [-0.3, -0.25) is 0 Å². The van der Waals surface area contributed by atoms with E-state index >= 15 is 0 Å². The zero-order chi connectivity index (χ0) is 21.2. The van der Waals surface area contributed by atoms with E-state index in [4.69, 9.17) is 14.2 Å². The molecule has 5 heteroatoms. The van der Waals surface area contributed by atoms with E-state index in [2.05, 4.69) is 0 Å². The molecule has 152 valence electrons. The summed E-state index contributed by atoms with van der Waals surface area (Å²) in [6, 6.07) is 23.4. The maximum atomic E-state index is 12.1. The van der Waals surface area contributed by atoms with Crippen molar-refractivity contribution in [3.05, 3.63) is 102 Å². The Kier molecular flexibility index (Phi) is 7.39. The van der Waals surface area contributed by atoms with Gasteiger partial charge in [0.05, 0.1) is 19.3 Å². The van der Waals surface area contributed by atoms with Gasteiger partial charge in [-0.25, -0.2) is 9.59 Å². The number of carbonyl (C=O) groups is 2. The Balaban J connectivity index is 1.50. The zero-order valence-corrected chi connectivity index (χ0v) is 16.6. The van der Waals surface area contributed by atoms with Crippen molar-refractivity contribution in [2.45, 2.75) is 6.42 Å². The molecule has 0 aliphatic rings. The molecular weight excluding hydrogens is 380 g/mol. The molecule has 0 aliphatic heterocycles. The Morgan fingerprint density at radius 3 is 2.30 bits per heavy atom. The molecule has 3 rings (SSSR count). The average Bonchev–Trinajstić information content (AvgIpc) is 2.79. The first-order valence-electron chi connectivity index (χ1n) is 9.50. The van der Waals surface area contributed by atoms with E-state index in [0.29, 0.717) is 30.1 Å². The van der Waals surface area contributed by atoms with Crippen LogP contribution in [-0.2, 0) is 16.0 Å². The molecule has 3 aromatic carbocycles. The monoisotopic (exact) mass is 402 g/mol. The number of carbonyl (C=O) groups excluding carboxylic acids is 2. The molecule has 0 heterocycles.